The topological polar surface area (TPSA) is 66.5 Å². The van der Waals surface area contributed by atoms with Gasteiger partial charge in [0.15, 0.2) is 0 Å². The smallest absolute Gasteiger partial charge is 0.265 e. The summed E-state index contributed by atoms with van der Waals surface area (Å²) in [5.74, 6) is -0.393. The first-order chi connectivity index (χ1) is 13.8. The molecule has 1 aliphatic heterocycles. The van der Waals surface area contributed by atoms with E-state index in [9.17, 15) is 13.2 Å². The van der Waals surface area contributed by atoms with Gasteiger partial charge in [-0.1, -0.05) is 46.3 Å². The monoisotopic (exact) mass is 470 g/mol. The maximum Gasteiger partial charge on any atom is 0.265 e. The Bertz CT molecular complexity index is 1240. The molecule has 0 radical (unpaired) electrons. The van der Waals surface area contributed by atoms with Gasteiger partial charge >= 0.3 is 0 Å². The van der Waals surface area contributed by atoms with Gasteiger partial charge in [-0.25, -0.2) is 8.42 Å². The Morgan fingerprint density at radius 3 is 2.55 bits per heavy atom. The van der Waals surface area contributed by atoms with Crippen LogP contribution in [0.4, 0.5) is 11.4 Å². The fourth-order valence-corrected chi connectivity index (χ4v) is 5.49. The summed E-state index contributed by atoms with van der Waals surface area (Å²) in [5.41, 5.74) is 4.58. The van der Waals surface area contributed by atoms with Gasteiger partial charge in [0.1, 0.15) is 6.54 Å². The fourth-order valence-electron chi connectivity index (χ4n) is 3.48. The first kappa shape index (κ1) is 19.7. The number of hydrogen-bond donors (Lipinski definition) is 1. The molecule has 7 heteroatoms. The normalized spacial score (nSPS) is 14.1. The lowest BCUT2D eigenvalue weighted by molar-refractivity contribution is -0.114. The number of amides is 1. The third kappa shape index (κ3) is 3.45. The number of benzene rings is 3. The Morgan fingerprint density at radius 1 is 1.00 bits per heavy atom. The number of sulfonamides is 1. The minimum Gasteiger partial charge on any atom is -0.324 e. The highest BCUT2D eigenvalue weighted by Gasteiger charge is 2.35. The first-order valence-corrected chi connectivity index (χ1v) is 11.3. The number of aryl methyl sites for hydroxylation is 1. The van der Waals surface area contributed by atoms with Gasteiger partial charge in [-0.05, 0) is 55.3 Å². The number of anilines is 2. The van der Waals surface area contributed by atoms with E-state index in [4.69, 9.17) is 0 Å². The molecule has 1 heterocycles. The number of hydrogen-bond acceptors (Lipinski definition) is 3. The Balaban J connectivity index is 1.74. The molecule has 0 saturated heterocycles. The molecule has 3 aromatic rings. The molecule has 0 aromatic heterocycles. The summed E-state index contributed by atoms with van der Waals surface area (Å²) >= 11 is 3.45. The molecule has 0 aliphatic carbocycles. The molecule has 0 bridgehead atoms. The van der Waals surface area contributed by atoms with Crippen LogP contribution in [0.1, 0.15) is 11.1 Å². The van der Waals surface area contributed by atoms with Gasteiger partial charge in [-0.2, -0.15) is 0 Å². The van der Waals surface area contributed by atoms with Crippen molar-refractivity contribution in [2.24, 2.45) is 0 Å². The van der Waals surface area contributed by atoms with Gasteiger partial charge in [0.25, 0.3) is 10.0 Å². The van der Waals surface area contributed by atoms with Crippen LogP contribution in [0.5, 0.6) is 0 Å². The van der Waals surface area contributed by atoms with Gasteiger partial charge in [0.2, 0.25) is 5.91 Å². The van der Waals surface area contributed by atoms with Gasteiger partial charge in [0.05, 0.1) is 10.6 Å². The molecule has 0 spiro atoms. The molecule has 1 amide bonds. The summed E-state index contributed by atoms with van der Waals surface area (Å²) in [7, 11) is -3.86. The summed E-state index contributed by atoms with van der Waals surface area (Å²) in [5, 5.41) is 2.85. The molecular weight excluding hydrogens is 452 g/mol. The van der Waals surface area contributed by atoms with Gasteiger partial charge in [-0.3, -0.25) is 9.10 Å². The summed E-state index contributed by atoms with van der Waals surface area (Å²) in [6, 6.07) is 17.9. The minimum atomic E-state index is -3.86. The lowest BCUT2D eigenvalue weighted by Crippen LogP contribution is -2.40. The lowest BCUT2D eigenvalue weighted by Gasteiger charge is -2.31. The Hall–Kier alpha value is -2.64. The van der Waals surface area contributed by atoms with Crippen molar-refractivity contribution in [3.8, 4) is 11.1 Å². The van der Waals surface area contributed by atoms with Crippen molar-refractivity contribution >= 4 is 43.2 Å². The number of carbonyl (C=O) groups excluding carboxylic acids is 1. The lowest BCUT2D eigenvalue weighted by atomic mass is 10.0. The molecule has 3 aromatic carbocycles. The average Bonchev–Trinajstić information content (AvgIpc) is 2.69. The molecule has 0 fully saturated rings. The summed E-state index contributed by atoms with van der Waals surface area (Å²) < 4.78 is 28.6. The standard InChI is InChI=1S/C22H19BrN2O3S/c1-14-6-5-8-19(15(14)2)24-22(26)13-25-20-11-10-16(23)12-18(20)17-7-3-4-9-21(17)29(25,27)28/h3-12H,13H2,1-2H3,(H,24,26). The van der Waals surface area contributed by atoms with Crippen LogP contribution >= 0.6 is 15.9 Å². The van der Waals surface area contributed by atoms with Crippen molar-refractivity contribution in [1.29, 1.82) is 0 Å². The zero-order chi connectivity index (χ0) is 20.8. The van der Waals surface area contributed by atoms with Crippen molar-refractivity contribution < 1.29 is 13.2 Å². The zero-order valence-electron chi connectivity index (χ0n) is 15.9. The first-order valence-electron chi connectivity index (χ1n) is 9.07. The van der Waals surface area contributed by atoms with Crippen LogP contribution in [0.15, 0.2) is 70.0 Å². The van der Waals surface area contributed by atoms with E-state index in [0.29, 0.717) is 16.9 Å². The van der Waals surface area contributed by atoms with Crippen molar-refractivity contribution in [3.05, 3.63) is 76.3 Å². The summed E-state index contributed by atoms with van der Waals surface area (Å²) in [6.07, 6.45) is 0. The maximum absolute atomic E-state index is 13.3. The van der Waals surface area contributed by atoms with Crippen LogP contribution in [0, 0.1) is 13.8 Å². The number of halogens is 1. The Morgan fingerprint density at radius 2 is 1.76 bits per heavy atom. The van der Waals surface area contributed by atoms with E-state index in [-0.39, 0.29) is 11.4 Å². The second-order valence-corrected chi connectivity index (χ2v) is 9.71. The molecule has 0 atom stereocenters. The van der Waals surface area contributed by atoms with Crippen LogP contribution < -0.4 is 9.62 Å². The molecule has 0 unspecified atom stereocenters. The SMILES string of the molecule is Cc1cccc(NC(=O)CN2c3ccc(Br)cc3-c3ccccc3S2(=O)=O)c1C. The number of nitrogens with zero attached hydrogens (tertiary/aromatic N) is 1. The number of nitrogens with one attached hydrogen (secondary N) is 1. The average molecular weight is 471 g/mol. The van der Waals surface area contributed by atoms with Gasteiger partial charge in [-0.15, -0.1) is 0 Å². The van der Waals surface area contributed by atoms with Crippen LogP contribution in [0.25, 0.3) is 11.1 Å². The highest BCUT2D eigenvalue weighted by Crippen LogP contribution is 2.43. The molecule has 29 heavy (non-hydrogen) atoms. The van der Waals surface area contributed by atoms with E-state index in [2.05, 4.69) is 21.2 Å². The number of rotatable bonds is 3. The third-order valence-electron chi connectivity index (χ3n) is 5.14. The van der Waals surface area contributed by atoms with Gasteiger partial charge in [0, 0.05) is 21.3 Å². The zero-order valence-corrected chi connectivity index (χ0v) is 18.3. The molecule has 4 rings (SSSR count). The number of carbonyl (C=O) groups is 1. The predicted molar refractivity (Wildman–Crippen MR) is 119 cm³/mol. The summed E-state index contributed by atoms with van der Waals surface area (Å²) in [4.78, 5) is 13.0. The maximum atomic E-state index is 13.3. The molecule has 1 N–H and O–H groups in total. The Kier molecular flexibility index (Phi) is 4.96. The van der Waals surface area contributed by atoms with Crippen molar-refractivity contribution in [3.63, 3.8) is 0 Å². The van der Waals surface area contributed by atoms with Crippen molar-refractivity contribution in [2.75, 3.05) is 16.2 Å². The quantitative estimate of drug-likeness (QED) is 0.592. The van der Waals surface area contributed by atoms with Crippen LogP contribution in [-0.2, 0) is 14.8 Å². The van der Waals surface area contributed by atoms with Crippen molar-refractivity contribution in [2.45, 2.75) is 18.7 Å². The van der Waals surface area contributed by atoms with E-state index in [0.717, 1.165) is 21.2 Å². The molecule has 148 valence electrons. The largest absolute Gasteiger partial charge is 0.324 e. The molecular formula is C22H19BrN2O3S. The fraction of sp³-hybridized carbons (Fsp3) is 0.136. The van der Waals surface area contributed by atoms with E-state index in [1.807, 2.05) is 44.2 Å². The van der Waals surface area contributed by atoms with Gasteiger partial charge < -0.3 is 5.32 Å². The molecule has 1 aliphatic rings. The summed E-state index contributed by atoms with van der Waals surface area (Å²) in [6.45, 7) is 3.58. The minimum absolute atomic E-state index is 0.199. The molecule has 0 saturated carbocycles. The second-order valence-electron chi connectivity index (χ2n) is 6.96. The highest BCUT2D eigenvalue weighted by atomic mass is 79.9. The predicted octanol–water partition coefficient (Wildman–Crippen LogP) is 4.88. The van der Waals surface area contributed by atoms with E-state index >= 15 is 0 Å². The third-order valence-corrected chi connectivity index (χ3v) is 7.45. The second kappa shape index (κ2) is 7.31. The van der Waals surface area contributed by atoms with E-state index < -0.39 is 15.9 Å². The van der Waals surface area contributed by atoms with Crippen molar-refractivity contribution in [1.82, 2.24) is 0 Å². The Labute approximate surface area is 178 Å². The van der Waals surface area contributed by atoms with E-state index in [1.165, 1.54) is 4.31 Å². The highest BCUT2D eigenvalue weighted by molar-refractivity contribution is 9.10. The van der Waals surface area contributed by atoms with Crippen LogP contribution in [0.3, 0.4) is 0 Å². The van der Waals surface area contributed by atoms with Crippen LogP contribution in [-0.4, -0.2) is 20.9 Å². The van der Waals surface area contributed by atoms with E-state index in [1.54, 1.807) is 30.3 Å². The molecule has 5 nitrogen and oxygen atoms in total. The van der Waals surface area contributed by atoms with Crippen LogP contribution in [0.2, 0.25) is 0 Å². The number of fused-ring (bicyclic) bond motifs is 3.